The van der Waals surface area contributed by atoms with E-state index in [1.807, 2.05) is 0 Å². The van der Waals surface area contributed by atoms with Gasteiger partial charge in [-0.15, -0.1) is 0 Å². The van der Waals surface area contributed by atoms with E-state index in [-0.39, 0.29) is 12.3 Å². The number of aryl methyl sites for hydroxylation is 1. The van der Waals surface area contributed by atoms with Gasteiger partial charge in [0.25, 0.3) is 11.8 Å². The maximum absolute atomic E-state index is 12.2. The highest BCUT2D eigenvalue weighted by molar-refractivity contribution is 9.10. The van der Waals surface area contributed by atoms with Crippen LogP contribution in [0, 0.1) is 6.92 Å². The number of nitrogens with zero attached hydrogens (tertiary/aromatic N) is 1. The van der Waals surface area contributed by atoms with E-state index in [0.717, 1.165) is 4.47 Å². The Morgan fingerprint density at radius 2 is 1.89 bits per heavy atom. The van der Waals surface area contributed by atoms with Gasteiger partial charge in [0, 0.05) is 15.6 Å². The largest absolute Gasteiger partial charge is 0.507 e. The molecule has 0 saturated carbocycles. The summed E-state index contributed by atoms with van der Waals surface area (Å²) in [6.45, 7) is 1.48. The average Bonchev–Trinajstić information content (AvgIpc) is 2.69. The molecule has 0 aliphatic carbocycles. The number of carbonyl (C=O) groups excluding carboxylic acids is 2. The fraction of sp³-hybridized carbons (Fsp3) is 0.211. The second kappa shape index (κ2) is 9.75. The summed E-state index contributed by atoms with van der Waals surface area (Å²) in [6, 6.07) is 8.10. The Morgan fingerprint density at radius 1 is 1.18 bits per heavy atom. The zero-order valence-electron chi connectivity index (χ0n) is 15.6. The molecule has 148 valence electrons. The third-order valence-corrected chi connectivity index (χ3v) is 4.20. The molecule has 0 heterocycles. The Bertz CT molecular complexity index is 915. The number of rotatable bonds is 7. The first-order chi connectivity index (χ1) is 13.3. The van der Waals surface area contributed by atoms with Crippen LogP contribution in [0.3, 0.4) is 0 Å². The van der Waals surface area contributed by atoms with Crippen molar-refractivity contribution in [2.45, 2.75) is 6.92 Å². The molecule has 0 radical (unpaired) electrons. The topological polar surface area (TPSA) is 109 Å². The molecule has 0 aliphatic heterocycles. The van der Waals surface area contributed by atoms with Crippen LogP contribution in [0.4, 0.5) is 0 Å². The van der Waals surface area contributed by atoms with Crippen LogP contribution in [0.1, 0.15) is 21.5 Å². The molecular weight excluding hydrogens is 430 g/mol. The molecule has 0 bridgehead atoms. The zero-order chi connectivity index (χ0) is 20.7. The number of methoxy groups -OCH3 is 2. The van der Waals surface area contributed by atoms with Gasteiger partial charge in [-0.3, -0.25) is 9.59 Å². The molecule has 0 aliphatic rings. The Hall–Kier alpha value is -3.07. The first-order valence-electron chi connectivity index (χ1n) is 8.17. The lowest BCUT2D eigenvalue weighted by Gasteiger charge is -2.09. The summed E-state index contributed by atoms with van der Waals surface area (Å²) in [4.78, 5) is 24.0. The third kappa shape index (κ3) is 5.46. The van der Waals surface area contributed by atoms with Crippen molar-refractivity contribution in [1.29, 1.82) is 0 Å². The highest BCUT2D eigenvalue weighted by Crippen LogP contribution is 2.27. The highest BCUT2D eigenvalue weighted by Gasteiger charge is 2.12. The van der Waals surface area contributed by atoms with E-state index in [1.165, 1.54) is 26.5 Å². The maximum Gasteiger partial charge on any atom is 0.259 e. The number of hydrogen-bond donors (Lipinski definition) is 3. The summed E-state index contributed by atoms with van der Waals surface area (Å²) >= 11 is 3.33. The van der Waals surface area contributed by atoms with Crippen molar-refractivity contribution in [3.05, 3.63) is 51.5 Å². The normalized spacial score (nSPS) is 10.6. The van der Waals surface area contributed by atoms with Gasteiger partial charge in [0.15, 0.2) is 11.5 Å². The molecule has 2 rings (SSSR count). The molecule has 0 saturated heterocycles. The number of nitrogens with one attached hydrogen (secondary N) is 2. The lowest BCUT2D eigenvalue weighted by atomic mass is 10.1. The summed E-state index contributed by atoms with van der Waals surface area (Å²) in [5.41, 5.74) is 3.73. The van der Waals surface area contributed by atoms with Crippen LogP contribution >= 0.6 is 15.9 Å². The number of carbonyl (C=O) groups is 2. The Balaban J connectivity index is 1.91. The van der Waals surface area contributed by atoms with Crippen LogP contribution in [0.2, 0.25) is 0 Å². The number of hydrogen-bond acceptors (Lipinski definition) is 6. The molecule has 28 heavy (non-hydrogen) atoms. The first kappa shape index (κ1) is 21.2. The molecule has 2 aromatic carbocycles. The second-order valence-corrected chi connectivity index (χ2v) is 6.62. The Kier molecular flexibility index (Phi) is 7.39. The monoisotopic (exact) mass is 449 g/mol. The van der Waals surface area contributed by atoms with E-state index in [4.69, 9.17) is 9.47 Å². The van der Waals surface area contributed by atoms with Gasteiger partial charge < -0.3 is 19.9 Å². The molecule has 0 spiro atoms. The van der Waals surface area contributed by atoms with E-state index in [0.29, 0.717) is 28.2 Å². The minimum Gasteiger partial charge on any atom is -0.507 e. The van der Waals surface area contributed by atoms with E-state index in [9.17, 15) is 14.7 Å². The van der Waals surface area contributed by atoms with Crippen molar-refractivity contribution >= 4 is 34.0 Å². The summed E-state index contributed by atoms with van der Waals surface area (Å²) < 4.78 is 11.0. The van der Waals surface area contributed by atoms with E-state index >= 15 is 0 Å². The number of benzene rings is 2. The van der Waals surface area contributed by atoms with Gasteiger partial charge in [-0.25, -0.2) is 5.43 Å². The van der Waals surface area contributed by atoms with Crippen LogP contribution in [0.5, 0.6) is 17.2 Å². The van der Waals surface area contributed by atoms with E-state index in [1.54, 1.807) is 31.2 Å². The molecular formula is C19H20BrN3O5. The van der Waals surface area contributed by atoms with Crippen LogP contribution in [-0.4, -0.2) is 43.9 Å². The standard InChI is InChI=1S/C19H20BrN3O5/c1-11-6-14(20)7-13(18(11)25)9-22-23-17(24)10-21-19(26)12-4-5-15(27-2)16(8-12)28-3/h4-9,25H,10H2,1-3H3,(H,21,26)(H,23,24)/b22-9-. The lowest BCUT2D eigenvalue weighted by Crippen LogP contribution is -2.34. The summed E-state index contributed by atoms with van der Waals surface area (Å²) in [7, 11) is 2.97. The number of aromatic hydroxyl groups is 1. The van der Waals surface area contributed by atoms with Gasteiger partial charge in [0.1, 0.15) is 5.75 Å². The third-order valence-electron chi connectivity index (χ3n) is 3.74. The zero-order valence-corrected chi connectivity index (χ0v) is 17.2. The summed E-state index contributed by atoms with van der Waals surface area (Å²) in [5.74, 6) is 0.0186. The molecule has 9 heteroatoms. The van der Waals surface area contributed by atoms with E-state index in [2.05, 4.69) is 31.8 Å². The molecule has 8 nitrogen and oxygen atoms in total. The smallest absolute Gasteiger partial charge is 0.259 e. The maximum atomic E-state index is 12.2. The summed E-state index contributed by atoms with van der Waals surface area (Å²) in [5, 5.41) is 16.2. The van der Waals surface area contributed by atoms with Crippen molar-refractivity contribution in [2.75, 3.05) is 20.8 Å². The molecule has 0 aromatic heterocycles. The van der Waals surface area contributed by atoms with Crippen molar-refractivity contribution in [2.24, 2.45) is 5.10 Å². The minimum atomic E-state index is -0.517. The predicted molar refractivity (Wildman–Crippen MR) is 108 cm³/mol. The van der Waals surface area contributed by atoms with Crippen LogP contribution in [-0.2, 0) is 4.79 Å². The fourth-order valence-corrected chi connectivity index (χ4v) is 2.90. The molecule has 0 fully saturated rings. The molecule has 2 aromatic rings. The fourth-order valence-electron chi connectivity index (χ4n) is 2.31. The highest BCUT2D eigenvalue weighted by atomic mass is 79.9. The lowest BCUT2D eigenvalue weighted by molar-refractivity contribution is -0.120. The van der Waals surface area contributed by atoms with Crippen LogP contribution in [0.25, 0.3) is 0 Å². The first-order valence-corrected chi connectivity index (χ1v) is 8.96. The quantitative estimate of drug-likeness (QED) is 0.443. The Morgan fingerprint density at radius 3 is 2.57 bits per heavy atom. The van der Waals surface area contributed by atoms with Crippen molar-refractivity contribution in [1.82, 2.24) is 10.7 Å². The predicted octanol–water partition coefficient (Wildman–Crippen LogP) is 2.36. The van der Waals surface area contributed by atoms with Crippen molar-refractivity contribution in [3.63, 3.8) is 0 Å². The number of hydrazone groups is 1. The van der Waals surface area contributed by atoms with Crippen molar-refractivity contribution in [3.8, 4) is 17.2 Å². The average molecular weight is 450 g/mol. The molecule has 0 atom stereocenters. The van der Waals surface area contributed by atoms with Crippen molar-refractivity contribution < 1.29 is 24.2 Å². The van der Waals surface area contributed by atoms with Crippen LogP contribution in [0.15, 0.2) is 39.9 Å². The number of halogens is 1. The number of ether oxygens (including phenoxy) is 2. The number of phenols is 1. The van der Waals surface area contributed by atoms with E-state index < -0.39 is 11.8 Å². The van der Waals surface area contributed by atoms with Gasteiger partial charge in [-0.1, -0.05) is 15.9 Å². The van der Waals surface area contributed by atoms with Gasteiger partial charge in [-0.2, -0.15) is 5.10 Å². The number of phenolic OH excluding ortho intramolecular Hbond substituents is 1. The second-order valence-electron chi connectivity index (χ2n) is 5.71. The molecule has 0 unspecified atom stereocenters. The Labute approximate surface area is 170 Å². The van der Waals surface area contributed by atoms with Gasteiger partial charge >= 0.3 is 0 Å². The van der Waals surface area contributed by atoms with Gasteiger partial charge in [-0.05, 0) is 42.8 Å². The molecule has 3 N–H and O–H groups in total. The SMILES string of the molecule is COc1ccc(C(=O)NCC(=O)N/N=C\c2cc(Br)cc(C)c2O)cc1OC. The molecule has 2 amide bonds. The minimum absolute atomic E-state index is 0.0722. The van der Waals surface area contributed by atoms with Crippen LogP contribution < -0.4 is 20.2 Å². The summed E-state index contributed by atoms with van der Waals surface area (Å²) in [6.07, 6.45) is 1.32. The number of amides is 2. The van der Waals surface area contributed by atoms with Gasteiger partial charge in [0.2, 0.25) is 0 Å². The van der Waals surface area contributed by atoms with Gasteiger partial charge in [0.05, 0.1) is 27.0 Å².